The Hall–Kier alpha value is -2.94. The van der Waals surface area contributed by atoms with Crippen molar-refractivity contribution in [3.8, 4) is 0 Å². The maximum Gasteiger partial charge on any atom is 0.433 e. The third-order valence-corrected chi connectivity index (χ3v) is 3.36. The minimum atomic E-state index is -0.781. The number of carbonyl (C=O) groups is 2. The van der Waals surface area contributed by atoms with Crippen LogP contribution >= 0.6 is 15.9 Å². The molecule has 0 fully saturated rings. The Balaban J connectivity index is 1.82. The van der Waals surface area contributed by atoms with Crippen molar-refractivity contribution in [2.75, 3.05) is 11.9 Å². The number of nitro groups is 1. The predicted molar refractivity (Wildman–Crippen MR) is 88.1 cm³/mol. The zero-order valence-corrected chi connectivity index (χ0v) is 13.7. The molecule has 2 aromatic rings. The fourth-order valence-electron chi connectivity index (χ4n) is 1.61. The Kier molecular flexibility index (Phi) is 5.85. The van der Waals surface area contributed by atoms with E-state index in [-0.39, 0.29) is 5.76 Å². The molecule has 2 rings (SSSR count). The standard InChI is InChI=1S/C15H11BrN2O6/c16-11-3-1-2-4-12(11)17-13(19)9-23-15(20)8-6-10-5-7-14(24-10)18(21)22/h1-8H,9H2,(H,17,19)/b8-6+. The smallest absolute Gasteiger partial charge is 0.433 e. The summed E-state index contributed by atoms with van der Waals surface area (Å²) in [5, 5.41) is 13.0. The van der Waals surface area contributed by atoms with Crippen molar-refractivity contribution < 1.29 is 23.7 Å². The molecule has 8 nitrogen and oxygen atoms in total. The molecule has 1 amide bonds. The van der Waals surface area contributed by atoms with Gasteiger partial charge in [0, 0.05) is 10.5 Å². The van der Waals surface area contributed by atoms with Gasteiger partial charge in [-0.05, 0) is 40.2 Å². The number of hydrogen-bond acceptors (Lipinski definition) is 6. The van der Waals surface area contributed by atoms with Crippen molar-refractivity contribution >= 4 is 45.5 Å². The molecular weight excluding hydrogens is 384 g/mol. The van der Waals surface area contributed by atoms with Gasteiger partial charge in [-0.15, -0.1) is 0 Å². The molecule has 0 bridgehead atoms. The second kappa shape index (κ2) is 8.06. The van der Waals surface area contributed by atoms with Crippen LogP contribution in [0.25, 0.3) is 6.08 Å². The van der Waals surface area contributed by atoms with Crippen molar-refractivity contribution in [3.05, 3.63) is 62.8 Å². The summed E-state index contributed by atoms with van der Waals surface area (Å²) in [5.74, 6) is -1.60. The number of anilines is 1. The second-order valence-corrected chi connectivity index (χ2v) is 5.26. The Morgan fingerprint density at radius 3 is 2.71 bits per heavy atom. The van der Waals surface area contributed by atoms with Gasteiger partial charge in [0.25, 0.3) is 5.91 Å². The Morgan fingerprint density at radius 1 is 1.29 bits per heavy atom. The third-order valence-electron chi connectivity index (χ3n) is 2.67. The van der Waals surface area contributed by atoms with Crippen molar-refractivity contribution in [2.24, 2.45) is 0 Å². The summed E-state index contributed by atoms with van der Waals surface area (Å²) in [4.78, 5) is 33.0. The van der Waals surface area contributed by atoms with Crippen LogP contribution < -0.4 is 5.32 Å². The van der Waals surface area contributed by atoms with Crippen LogP contribution in [0.15, 0.2) is 51.4 Å². The molecular formula is C15H11BrN2O6. The Labute approximate surface area is 144 Å². The fraction of sp³-hybridized carbons (Fsp3) is 0.0667. The van der Waals surface area contributed by atoms with Crippen LogP contribution in [-0.4, -0.2) is 23.4 Å². The normalized spacial score (nSPS) is 10.5. The van der Waals surface area contributed by atoms with Gasteiger partial charge in [0.1, 0.15) is 10.7 Å². The number of ether oxygens (including phenoxy) is 1. The molecule has 0 unspecified atom stereocenters. The van der Waals surface area contributed by atoms with Crippen molar-refractivity contribution in [1.29, 1.82) is 0 Å². The molecule has 1 heterocycles. The topological polar surface area (TPSA) is 112 Å². The molecule has 0 saturated carbocycles. The number of carbonyl (C=O) groups excluding carboxylic acids is 2. The predicted octanol–water partition coefficient (Wildman–Crippen LogP) is 3.15. The minimum absolute atomic E-state index is 0.122. The molecule has 0 spiro atoms. The molecule has 1 aromatic heterocycles. The number of benzene rings is 1. The first-order valence-electron chi connectivity index (χ1n) is 6.59. The van der Waals surface area contributed by atoms with Gasteiger partial charge < -0.3 is 14.5 Å². The lowest BCUT2D eigenvalue weighted by molar-refractivity contribution is -0.402. The summed E-state index contributed by atoms with van der Waals surface area (Å²) >= 11 is 3.28. The SMILES string of the molecule is O=C(COC(=O)/C=C/c1ccc([N+](=O)[O-])o1)Nc1ccccc1Br. The average molecular weight is 395 g/mol. The molecule has 0 saturated heterocycles. The number of nitrogens with one attached hydrogen (secondary N) is 1. The van der Waals surface area contributed by atoms with E-state index in [1.165, 1.54) is 12.1 Å². The highest BCUT2D eigenvalue weighted by Gasteiger charge is 2.11. The van der Waals surface area contributed by atoms with Gasteiger partial charge >= 0.3 is 11.9 Å². The van der Waals surface area contributed by atoms with Crippen molar-refractivity contribution in [2.45, 2.75) is 0 Å². The van der Waals surface area contributed by atoms with E-state index < -0.39 is 29.3 Å². The zero-order chi connectivity index (χ0) is 17.5. The molecule has 1 N–H and O–H groups in total. The van der Waals surface area contributed by atoms with E-state index in [0.29, 0.717) is 10.2 Å². The van der Waals surface area contributed by atoms with Gasteiger partial charge in [-0.3, -0.25) is 14.9 Å². The summed E-state index contributed by atoms with van der Waals surface area (Å²) in [6.07, 6.45) is 2.22. The highest BCUT2D eigenvalue weighted by Crippen LogP contribution is 2.21. The van der Waals surface area contributed by atoms with E-state index in [0.717, 1.165) is 12.1 Å². The highest BCUT2D eigenvalue weighted by atomic mass is 79.9. The number of halogens is 1. The number of furan rings is 1. The summed E-state index contributed by atoms with van der Waals surface area (Å²) in [6, 6.07) is 9.49. The van der Waals surface area contributed by atoms with Crippen LogP contribution in [0.4, 0.5) is 11.6 Å². The van der Waals surface area contributed by atoms with Crippen molar-refractivity contribution in [1.82, 2.24) is 0 Å². The van der Waals surface area contributed by atoms with Gasteiger partial charge in [0.2, 0.25) is 0 Å². The van der Waals surface area contributed by atoms with Crippen LogP contribution in [0.5, 0.6) is 0 Å². The molecule has 9 heteroatoms. The van der Waals surface area contributed by atoms with Gasteiger partial charge in [-0.1, -0.05) is 12.1 Å². The quantitative estimate of drug-likeness (QED) is 0.348. The molecule has 0 aliphatic rings. The van der Waals surface area contributed by atoms with Crippen LogP contribution in [-0.2, 0) is 14.3 Å². The maximum atomic E-state index is 11.7. The van der Waals surface area contributed by atoms with Crippen LogP contribution in [0.2, 0.25) is 0 Å². The first-order valence-corrected chi connectivity index (χ1v) is 7.38. The Morgan fingerprint density at radius 2 is 2.04 bits per heavy atom. The number of para-hydroxylation sites is 1. The first kappa shape index (κ1) is 17.4. The van der Waals surface area contributed by atoms with E-state index in [4.69, 9.17) is 9.15 Å². The molecule has 124 valence electrons. The van der Waals surface area contributed by atoms with E-state index in [2.05, 4.69) is 21.2 Å². The van der Waals surface area contributed by atoms with Crippen molar-refractivity contribution in [3.63, 3.8) is 0 Å². The molecule has 0 radical (unpaired) electrons. The monoisotopic (exact) mass is 394 g/mol. The van der Waals surface area contributed by atoms with Crippen LogP contribution in [0.1, 0.15) is 5.76 Å². The van der Waals surface area contributed by atoms with Crippen LogP contribution in [0.3, 0.4) is 0 Å². The summed E-state index contributed by atoms with van der Waals surface area (Å²) in [5.41, 5.74) is 0.553. The summed E-state index contributed by atoms with van der Waals surface area (Å²) < 4.78 is 10.3. The lowest BCUT2D eigenvalue weighted by Crippen LogP contribution is -2.20. The highest BCUT2D eigenvalue weighted by molar-refractivity contribution is 9.10. The van der Waals surface area contributed by atoms with E-state index in [1.807, 2.05) is 0 Å². The van der Waals surface area contributed by atoms with Crippen LogP contribution in [0, 0.1) is 10.1 Å². The number of hydrogen-bond donors (Lipinski definition) is 1. The van der Waals surface area contributed by atoms with E-state index in [1.54, 1.807) is 24.3 Å². The minimum Gasteiger partial charge on any atom is -0.452 e. The third kappa shape index (κ3) is 5.06. The first-order chi connectivity index (χ1) is 11.5. The van der Waals surface area contributed by atoms with Gasteiger partial charge in [0.15, 0.2) is 6.61 Å². The van der Waals surface area contributed by atoms with Gasteiger partial charge in [-0.25, -0.2) is 4.79 Å². The molecule has 1 aromatic carbocycles. The lowest BCUT2D eigenvalue weighted by Gasteiger charge is -2.06. The number of esters is 1. The number of rotatable bonds is 6. The molecule has 0 aliphatic heterocycles. The summed E-state index contributed by atoms with van der Waals surface area (Å²) in [7, 11) is 0. The number of amides is 1. The van der Waals surface area contributed by atoms with E-state index >= 15 is 0 Å². The molecule has 24 heavy (non-hydrogen) atoms. The van der Waals surface area contributed by atoms with Gasteiger partial charge in [0.05, 0.1) is 11.8 Å². The van der Waals surface area contributed by atoms with Gasteiger partial charge in [-0.2, -0.15) is 0 Å². The van der Waals surface area contributed by atoms with E-state index in [9.17, 15) is 19.7 Å². The Bertz CT molecular complexity index is 799. The maximum absolute atomic E-state index is 11.7. The largest absolute Gasteiger partial charge is 0.452 e. The number of nitrogens with zero attached hydrogens (tertiary/aromatic N) is 1. The average Bonchev–Trinajstić information content (AvgIpc) is 3.02. The molecule has 0 aliphatic carbocycles. The second-order valence-electron chi connectivity index (χ2n) is 4.40. The lowest BCUT2D eigenvalue weighted by atomic mass is 10.3. The summed E-state index contributed by atoms with van der Waals surface area (Å²) in [6.45, 7) is -0.469. The molecule has 0 atom stereocenters. The fourth-order valence-corrected chi connectivity index (χ4v) is 2.00. The zero-order valence-electron chi connectivity index (χ0n) is 12.1.